The van der Waals surface area contributed by atoms with Crippen LogP contribution in [-0.2, 0) is 16.0 Å². The van der Waals surface area contributed by atoms with Gasteiger partial charge in [-0.3, -0.25) is 4.79 Å². The number of amides is 1. The normalized spacial score (nSPS) is 11.2. The van der Waals surface area contributed by atoms with Crippen LogP contribution in [0.1, 0.15) is 47.3 Å². The number of hydrogen-bond donors (Lipinski definition) is 1. The lowest BCUT2D eigenvalue weighted by molar-refractivity contribution is -0.124. The molecule has 0 saturated heterocycles. The molecule has 0 radical (unpaired) electrons. The first-order chi connectivity index (χ1) is 16.3. The van der Waals surface area contributed by atoms with Gasteiger partial charge in [-0.1, -0.05) is 30.3 Å². The van der Waals surface area contributed by atoms with Gasteiger partial charge in [-0.25, -0.2) is 14.5 Å². The lowest BCUT2D eigenvalue weighted by Gasteiger charge is -2.11. The van der Waals surface area contributed by atoms with Crippen molar-refractivity contribution in [2.45, 2.75) is 40.2 Å². The van der Waals surface area contributed by atoms with Crippen molar-refractivity contribution in [2.24, 2.45) is 0 Å². The van der Waals surface area contributed by atoms with Crippen molar-refractivity contribution in [3.63, 3.8) is 0 Å². The van der Waals surface area contributed by atoms with Gasteiger partial charge >= 0.3 is 5.97 Å². The van der Waals surface area contributed by atoms with Gasteiger partial charge in [0.05, 0.1) is 22.8 Å². The van der Waals surface area contributed by atoms with Crippen molar-refractivity contribution in [3.8, 4) is 11.3 Å². The fraction of sp³-hybridized carbons (Fsp3) is 0.308. The molecule has 4 aromatic rings. The number of rotatable bonds is 8. The van der Waals surface area contributed by atoms with Crippen molar-refractivity contribution < 1.29 is 18.7 Å². The minimum atomic E-state index is -0.604. The Morgan fingerprint density at radius 3 is 2.59 bits per heavy atom. The van der Waals surface area contributed by atoms with E-state index >= 15 is 0 Å². The second-order valence-corrected chi connectivity index (χ2v) is 8.46. The first-order valence-corrected chi connectivity index (χ1v) is 11.3. The number of fused-ring (bicyclic) bond motifs is 1. The Labute approximate surface area is 197 Å². The van der Waals surface area contributed by atoms with Gasteiger partial charge in [0.2, 0.25) is 0 Å². The molecule has 0 spiro atoms. The monoisotopic (exact) mass is 460 g/mol. The van der Waals surface area contributed by atoms with Crippen LogP contribution in [0.2, 0.25) is 0 Å². The molecule has 176 valence electrons. The van der Waals surface area contributed by atoms with Crippen molar-refractivity contribution in [3.05, 3.63) is 71.3 Å². The van der Waals surface area contributed by atoms with Gasteiger partial charge in [0, 0.05) is 18.2 Å². The first kappa shape index (κ1) is 23.2. The number of pyridine rings is 1. The average Bonchev–Trinajstić information content (AvgIpc) is 3.40. The first-order valence-electron chi connectivity index (χ1n) is 11.3. The highest BCUT2D eigenvalue weighted by Crippen LogP contribution is 2.30. The molecule has 8 heteroatoms. The van der Waals surface area contributed by atoms with Crippen LogP contribution in [0.4, 0.5) is 0 Å². The van der Waals surface area contributed by atoms with E-state index in [1.807, 2.05) is 64.1 Å². The summed E-state index contributed by atoms with van der Waals surface area (Å²) in [6.07, 6.45) is 2.31. The minimum Gasteiger partial charge on any atom is -0.466 e. The molecule has 3 heterocycles. The molecule has 0 atom stereocenters. The number of hydrogen-bond acceptors (Lipinski definition) is 6. The van der Waals surface area contributed by atoms with Gasteiger partial charge in [-0.05, 0) is 51.8 Å². The van der Waals surface area contributed by atoms with Crippen molar-refractivity contribution >= 4 is 22.9 Å². The zero-order valence-electron chi connectivity index (χ0n) is 19.8. The molecule has 1 N–H and O–H groups in total. The third-order valence-corrected chi connectivity index (χ3v) is 5.51. The molecule has 0 saturated carbocycles. The molecule has 0 fully saturated rings. The van der Waals surface area contributed by atoms with Crippen LogP contribution in [-0.4, -0.2) is 39.8 Å². The van der Waals surface area contributed by atoms with Crippen LogP contribution in [0.25, 0.3) is 22.3 Å². The molecular weight excluding hydrogens is 432 g/mol. The van der Waals surface area contributed by atoms with Gasteiger partial charge in [0.1, 0.15) is 11.5 Å². The van der Waals surface area contributed by atoms with Crippen LogP contribution in [0.3, 0.4) is 0 Å². The molecule has 1 amide bonds. The minimum absolute atomic E-state index is 0.0479. The van der Waals surface area contributed by atoms with Crippen molar-refractivity contribution in [1.82, 2.24) is 20.1 Å². The molecule has 0 aliphatic heterocycles. The van der Waals surface area contributed by atoms with Gasteiger partial charge in [0.15, 0.2) is 12.3 Å². The lowest BCUT2D eigenvalue weighted by atomic mass is 10.1. The van der Waals surface area contributed by atoms with E-state index in [0.29, 0.717) is 41.0 Å². The number of carbonyl (C=O) groups is 2. The van der Waals surface area contributed by atoms with Crippen LogP contribution in [0, 0.1) is 13.8 Å². The predicted octanol–water partition coefficient (Wildman–Crippen LogP) is 4.40. The van der Waals surface area contributed by atoms with E-state index in [-0.39, 0.29) is 18.6 Å². The van der Waals surface area contributed by atoms with E-state index in [9.17, 15) is 9.59 Å². The summed E-state index contributed by atoms with van der Waals surface area (Å²) in [5, 5.41) is 7.77. The maximum Gasteiger partial charge on any atom is 0.339 e. The quantitative estimate of drug-likeness (QED) is 0.391. The van der Waals surface area contributed by atoms with E-state index < -0.39 is 5.97 Å². The third-order valence-electron chi connectivity index (χ3n) is 5.51. The van der Waals surface area contributed by atoms with Crippen molar-refractivity contribution in [1.29, 1.82) is 0 Å². The summed E-state index contributed by atoms with van der Waals surface area (Å²) in [7, 11) is 0. The Hall–Kier alpha value is -3.94. The molecule has 4 rings (SSSR count). The van der Waals surface area contributed by atoms with Crippen LogP contribution < -0.4 is 5.32 Å². The Morgan fingerprint density at radius 2 is 1.91 bits per heavy atom. The van der Waals surface area contributed by atoms with Crippen molar-refractivity contribution in [2.75, 3.05) is 13.2 Å². The molecular formula is C26H28N4O4. The smallest absolute Gasteiger partial charge is 0.339 e. The topological polar surface area (TPSA) is 99.2 Å². The van der Waals surface area contributed by atoms with E-state index in [4.69, 9.17) is 14.1 Å². The standard InChI is InChI=1S/C26H28N4O4/c1-16(2)30-25-22(14-28-30)21(13-23(29-25)20-12-17(3)34-18(20)4)26(32)33-15-24(31)27-11-10-19-8-6-5-7-9-19/h5-9,12-14,16H,10-11,15H2,1-4H3,(H,27,31). The van der Waals surface area contributed by atoms with Crippen LogP contribution in [0.15, 0.2) is 53.1 Å². The fourth-order valence-electron chi connectivity index (χ4n) is 3.84. The summed E-state index contributed by atoms with van der Waals surface area (Å²) in [6.45, 7) is 7.79. The molecule has 0 unspecified atom stereocenters. The zero-order valence-corrected chi connectivity index (χ0v) is 19.8. The average molecular weight is 461 g/mol. The number of nitrogens with one attached hydrogen (secondary N) is 1. The summed E-state index contributed by atoms with van der Waals surface area (Å²) in [5.74, 6) is 0.502. The number of carbonyl (C=O) groups excluding carboxylic acids is 2. The maximum absolute atomic E-state index is 13.0. The van der Waals surface area contributed by atoms with E-state index in [2.05, 4.69) is 10.4 Å². The Bertz CT molecular complexity index is 1320. The highest BCUT2D eigenvalue weighted by atomic mass is 16.5. The number of aromatic nitrogens is 3. The Morgan fingerprint density at radius 1 is 1.15 bits per heavy atom. The van der Waals surface area contributed by atoms with E-state index in [0.717, 1.165) is 16.9 Å². The van der Waals surface area contributed by atoms with Gasteiger partial charge < -0.3 is 14.5 Å². The molecule has 0 bridgehead atoms. The van der Waals surface area contributed by atoms with Gasteiger partial charge in [-0.15, -0.1) is 0 Å². The third kappa shape index (κ3) is 5.01. The number of nitrogens with zero attached hydrogens (tertiary/aromatic N) is 3. The predicted molar refractivity (Wildman–Crippen MR) is 129 cm³/mol. The number of esters is 1. The molecule has 0 aliphatic rings. The summed E-state index contributed by atoms with van der Waals surface area (Å²) < 4.78 is 12.8. The second kappa shape index (κ2) is 9.91. The maximum atomic E-state index is 13.0. The SMILES string of the molecule is Cc1cc(-c2cc(C(=O)OCC(=O)NCCc3ccccc3)c3cnn(C(C)C)c3n2)c(C)o1. The lowest BCUT2D eigenvalue weighted by Crippen LogP contribution is -2.30. The largest absolute Gasteiger partial charge is 0.466 e. The van der Waals surface area contributed by atoms with Gasteiger partial charge in [0.25, 0.3) is 5.91 Å². The molecule has 3 aromatic heterocycles. The summed E-state index contributed by atoms with van der Waals surface area (Å²) in [4.78, 5) is 30.0. The molecule has 1 aromatic carbocycles. The van der Waals surface area contributed by atoms with E-state index in [1.54, 1.807) is 16.9 Å². The highest BCUT2D eigenvalue weighted by Gasteiger charge is 2.21. The zero-order chi connectivity index (χ0) is 24.2. The number of aryl methyl sites for hydroxylation is 2. The van der Waals surface area contributed by atoms with Crippen LogP contribution in [0.5, 0.6) is 0 Å². The van der Waals surface area contributed by atoms with Gasteiger partial charge in [-0.2, -0.15) is 5.10 Å². The fourth-order valence-corrected chi connectivity index (χ4v) is 3.84. The number of ether oxygens (including phenoxy) is 1. The highest BCUT2D eigenvalue weighted by molar-refractivity contribution is 6.04. The Kier molecular flexibility index (Phi) is 6.77. The molecule has 8 nitrogen and oxygen atoms in total. The molecule has 0 aliphatic carbocycles. The molecule has 34 heavy (non-hydrogen) atoms. The summed E-state index contributed by atoms with van der Waals surface area (Å²) >= 11 is 0. The Balaban J connectivity index is 1.52. The number of furan rings is 1. The summed E-state index contributed by atoms with van der Waals surface area (Å²) in [5.41, 5.74) is 3.39. The van der Waals surface area contributed by atoms with E-state index in [1.165, 1.54) is 0 Å². The summed E-state index contributed by atoms with van der Waals surface area (Å²) in [6, 6.07) is 13.5. The van der Waals surface area contributed by atoms with Crippen LogP contribution >= 0.6 is 0 Å². The second-order valence-electron chi connectivity index (χ2n) is 8.46. The number of benzene rings is 1.